The van der Waals surface area contributed by atoms with Crippen molar-refractivity contribution in [2.75, 3.05) is 46.9 Å². The number of methoxy groups -OCH3 is 2. The zero-order chi connectivity index (χ0) is 22.0. The van der Waals surface area contributed by atoms with E-state index >= 15 is 0 Å². The van der Waals surface area contributed by atoms with Crippen molar-refractivity contribution >= 4 is 11.9 Å². The number of fused-ring (bicyclic) bond motifs is 1. The number of Topliss-reactive ketones (excluding diaryl/α,β-unsaturated/α-hetero) is 1. The summed E-state index contributed by atoms with van der Waals surface area (Å²) < 4.78 is 16.7. The Kier molecular flexibility index (Phi) is 6.15. The van der Waals surface area contributed by atoms with Crippen LogP contribution in [0.25, 0.3) is 6.08 Å². The van der Waals surface area contributed by atoms with Crippen molar-refractivity contribution in [2.45, 2.75) is 13.5 Å². The average molecular weight is 424 g/mol. The molecule has 7 heteroatoms. The van der Waals surface area contributed by atoms with Gasteiger partial charge in [-0.1, -0.05) is 6.92 Å². The Morgan fingerprint density at radius 3 is 2.48 bits per heavy atom. The van der Waals surface area contributed by atoms with Gasteiger partial charge in [0, 0.05) is 44.4 Å². The van der Waals surface area contributed by atoms with Gasteiger partial charge in [0.25, 0.3) is 0 Å². The lowest BCUT2D eigenvalue weighted by Gasteiger charge is -2.34. The van der Waals surface area contributed by atoms with Crippen LogP contribution in [0.15, 0.2) is 36.1 Å². The van der Waals surface area contributed by atoms with Crippen LogP contribution < -0.4 is 14.2 Å². The van der Waals surface area contributed by atoms with Crippen molar-refractivity contribution in [1.29, 1.82) is 0 Å². The minimum Gasteiger partial charge on any atom is -0.507 e. The monoisotopic (exact) mass is 424 g/mol. The van der Waals surface area contributed by atoms with Gasteiger partial charge in [0.05, 0.1) is 25.3 Å². The predicted octanol–water partition coefficient (Wildman–Crippen LogP) is 3.16. The highest BCUT2D eigenvalue weighted by Crippen LogP contribution is 2.41. The molecule has 1 saturated heterocycles. The summed E-state index contributed by atoms with van der Waals surface area (Å²) in [4.78, 5) is 17.7. The van der Waals surface area contributed by atoms with Gasteiger partial charge in [-0.15, -0.1) is 0 Å². The second-order valence-corrected chi connectivity index (χ2v) is 7.70. The van der Waals surface area contributed by atoms with E-state index in [0.717, 1.165) is 32.7 Å². The molecule has 1 fully saturated rings. The molecule has 0 bridgehead atoms. The Morgan fingerprint density at radius 2 is 1.81 bits per heavy atom. The first-order valence-corrected chi connectivity index (χ1v) is 10.5. The molecule has 164 valence electrons. The number of phenolic OH excluding ortho intramolecular Hbond substituents is 1. The van der Waals surface area contributed by atoms with E-state index in [9.17, 15) is 9.90 Å². The quantitative estimate of drug-likeness (QED) is 0.714. The van der Waals surface area contributed by atoms with Gasteiger partial charge < -0.3 is 24.2 Å². The van der Waals surface area contributed by atoms with E-state index in [1.807, 2.05) is 6.07 Å². The molecule has 0 saturated carbocycles. The third-order valence-corrected chi connectivity index (χ3v) is 5.94. The number of likely N-dealkylation sites (N-methyl/N-ethyl adjacent to an activating group) is 1. The number of allylic oxidation sites excluding steroid dienone is 1. The summed E-state index contributed by atoms with van der Waals surface area (Å²) in [6, 6.07) is 8.57. The second-order valence-electron chi connectivity index (χ2n) is 7.70. The highest BCUT2D eigenvalue weighted by Gasteiger charge is 2.32. The molecule has 0 unspecified atom stereocenters. The number of ether oxygens (including phenoxy) is 3. The number of nitrogens with zero attached hydrogens (tertiary/aromatic N) is 2. The molecule has 0 atom stereocenters. The second kappa shape index (κ2) is 8.99. The number of hydrogen-bond acceptors (Lipinski definition) is 7. The van der Waals surface area contributed by atoms with Crippen LogP contribution in [0.3, 0.4) is 0 Å². The van der Waals surface area contributed by atoms with Gasteiger partial charge >= 0.3 is 0 Å². The topological polar surface area (TPSA) is 71.5 Å². The van der Waals surface area contributed by atoms with E-state index in [4.69, 9.17) is 14.2 Å². The van der Waals surface area contributed by atoms with Crippen LogP contribution in [0, 0.1) is 0 Å². The van der Waals surface area contributed by atoms with Gasteiger partial charge in [-0.25, -0.2) is 0 Å². The summed E-state index contributed by atoms with van der Waals surface area (Å²) in [5, 5.41) is 10.5. The van der Waals surface area contributed by atoms with Gasteiger partial charge in [-0.3, -0.25) is 9.69 Å². The Bertz CT molecular complexity index is 1010. The molecule has 1 N–H and O–H groups in total. The fraction of sp³-hybridized carbons (Fsp3) is 0.375. The van der Waals surface area contributed by atoms with E-state index in [1.54, 1.807) is 44.6 Å². The van der Waals surface area contributed by atoms with Crippen molar-refractivity contribution in [1.82, 2.24) is 9.80 Å². The molecule has 4 rings (SSSR count). The number of phenols is 1. The highest BCUT2D eigenvalue weighted by molar-refractivity contribution is 6.15. The van der Waals surface area contributed by atoms with Gasteiger partial charge in [0.2, 0.25) is 5.78 Å². The molecule has 2 aromatic rings. The zero-order valence-corrected chi connectivity index (χ0v) is 18.2. The lowest BCUT2D eigenvalue weighted by Crippen LogP contribution is -2.45. The summed E-state index contributed by atoms with van der Waals surface area (Å²) >= 11 is 0. The smallest absolute Gasteiger partial charge is 0.231 e. The summed E-state index contributed by atoms with van der Waals surface area (Å²) in [6.07, 6.45) is 1.67. The molecule has 2 heterocycles. The number of hydrogen-bond donors (Lipinski definition) is 1. The number of rotatable bonds is 6. The first-order valence-electron chi connectivity index (χ1n) is 10.5. The van der Waals surface area contributed by atoms with Crippen molar-refractivity contribution in [3.63, 3.8) is 0 Å². The van der Waals surface area contributed by atoms with Crippen LogP contribution in [0.4, 0.5) is 0 Å². The molecular weight excluding hydrogens is 396 g/mol. The molecule has 0 radical (unpaired) electrons. The van der Waals surface area contributed by atoms with Crippen LogP contribution in [0.1, 0.15) is 28.4 Å². The fourth-order valence-corrected chi connectivity index (χ4v) is 4.02. The standard InChI is InChI=1S/C24H28N2O5/c1-4-25-9-11-26(12-10-25)15-19-20(27)8-7-18-23(28)22(31-24(18)19)13-16-5-6-17(29-2)14-21(16)30-3/h5-8,13-14,27H,4,9-12,15H2,1-3H3/b22-13-. The van der Waals surface area contributed by atoms with Crippen molar-refractivity contribution in [3.05, 3.63) is 52.8 Å². The van der Waals surface area contributed by atoms with Crippen LogP contribution in [0.5, 0.6) is 23.0 Å². The maximum atomic E-state index is 13.0. The Hall–Kier alpha value is -3.03. The minimum atomic E-state index is -0.204. The van der Waals surface area contributed by atoms with E-state index in [-0.39, 0.29) is 17.3 Å². The van der Waals surface area contributed by atoms with Gasteiger partial charge in [0.1, 0.15) is 23.0 Å². The summed E-state index contributed by atoms with van der Waals surface area (Å²) in [7, 11) is 3.15. The van der Waals surface area contributed by atoms with Gasteiger partial charge in [0.15, 0.2) is 5.76 Å². The first kappa shape index (κ1) is 21.2. The molecule has 2 aliphatic rings. The van der Waals surface area contributed by atoms with E-state index < -0.39 is 0 Å². The van der Waals surface area contributed by atoms with Crippen molar-refractivity contribution in [3.8, 4) is 23.0 Å². The zero-order valence-electron chi connectivity index (χ0n) is 18.2. The molecule has 2 aromatic carbocycles. The van der Waals surface area contributed by atoms with Crippen LogP contribution in [-0.2, 0) is 6.54 Å². The number of carbonyl (C=O) groups is 1. The lowest BCUT2D eigenvalue weighted by molar-refractivity contribution is 0.101. The van der Waals surface area contributed by atoms with E-state index in [2.05, 4.69) is 16.7 Å². The summed E-state index contributed by atoms with van der Waals surface area (Å²) in [6.45, 7) is 7.56. The number of piperazine rings is 1. The van der Waals surface area contributed by atoms with E-state index in [1.165, 1.54) is 0 Å². The molecule has 0 aliphatic carbocycles. The number of carbonyl (C=O) groups excluding carboxylic acids is 1. The Labute approximate surface area is 182 Å². The minimum absolute atomic E-state index is 0.146. The molecule has 0 aromatic heterocycles. The third-order valence-electron chi connectivity index (χ3n) is 5.94. The summed E-state index contributed by atoms with van der Waals surface area (Å²) in [5.74, 6) is 1.84. The third kappa shape index (κ3) is 4.24. The van der Waals surface area contributed by atoms with Gasteiger partial charge in [-0.2, -0.15) is 0 Å². The summed E-state index contributed by atoms with van der Waals surface area (Å²) in [5.41, 5.74) is 1.83. The molecule has 2 aliphatic heterocycles. The van der Waals surface area contributed by atoms with Gasteiger partial charge in [-0.05, 0) is 36.9 Å². The lowest BCUT2D eigenvalue weighted by atomic mass is 10.0. The molecule has 31 heavy (non-hydrogen) atoms. The SMILES string of the molecule is CCN1CCN(Cc2c(O)ccc3c2O/C(=C\c2ccc(OC)cc2OC)C3=O)CC1. The largest absolute Gasteiger partial charge is 0.507 e. The number of aromatic hydroxyl groups is 1. The Balaban J connectivity index is 1.61. The number of benzene rings is 2. The molecule has 0 amide bonds. The van der Waals surface area contributed by atoms with Crippen molar-refractivity contribution in [2.24, 2.45) is 0 Å². The molecular formula is C24H28N2O5. The van der Waals surface area contributed by atoms with Crippen LogP contribution in [0.2, 0.25) is 0 Å². The van der Waals surface area contributed by atoms with E-state index in [0.29, 0.717) is 40.5 Å². The van der Waals surface area contributed by atoms with Crippen LogP contribution >= 0.6 is 0 Å². The van der Waals surface area contributed by atoms with Crippen molar-refractivity contribution < 1.29 is 24.1 Å². The molecule has 0 spiro atoms. The predicted molar refractivity (Wildman–Crippen MR) is 118 cm³/mol. The average Bonchev–Trinajstić information content (AvgIpc) is 3.11. The first-order chi connectivity index (χ1) is 15.0. The normalized spacial score (nSPS) is 18.2. The van der Waals surface area contributed by atoms with Crippen LogP contribution in [-0.4, -0.2) is 67.6 Å². The fourth-order valence-electron chi connectivity index (χ4n) is 4.02. The maximum absolute atomic E-state index is 13.0. The maximum Gasteiger partial charge on any atom is 0.231 e. The molecule has 7 nitrogen and oxygen atoms in total. The Morgan fingerprint density at radius 1 is 1.06 bits per heavy atom. The number of ketones is 1. The highest BCUT2D eigenvalue weighted by atomic mass is 16.5.